The number of nitrogens with two attached hydrogens (primary N) is 1. The smallest absolute Gasteiger partial charge is 0.142 e. The Hall–Kier alpha value is -2.49. The van der Waals surface area contributed by atoms with Crippen LogP contribution in [0.5, 0.6) is 0 Å². The first-order valence-electron chi connectivity index (χ1n) is 5.50. The molecule has 0 bridgehead atoms. The van der Waals surface area contributed by atoms with Crippen molar-refractivity contribution in [1.82, 2.24) is 9.97 Å². The summed E-state index contributed by atoms with van der Waals surface area (Å²) < 4.78 is 14.5. The second-order valence-electron chi connectivity index (χ2n) is 3.96. The summed E-state index contributed by atoms with van der Waals surface area (Å²) in [6.07, 6.45) is 4.83. The molecule has 0 spiro atoms. The first-order valence-corrected chi connectivity index (χ1v) is 5.50. The van der Waals surface area contributed by atoms with Gasteiger partial charge in [-0.2, -0.15) is 0 Å². The van der Waals surface area contributed by atoms with Gasteiger partial charge in [-0.3, -0.25) is 4.98 Å². The molecule has 18 heavy (non-hydrogen) atoms. The first-order chi connectivity index (χ1) is 8.77. The number of pyridine rings is 2. The Morgan fingerprint density at radius 1 is 0.944 bits per heavy atom. The minimum absolute atomic E-state index is 0.209. The molecule has 0 unspecified atom stereocenters. The Kier molecular flexibility index (Phi) is 2.41. The molecule has 0 saturated heterocycles. The molecule has 4 heteroatoms. The quantitative estimate of drug-likeness (QED) is 0.710. The molecule has 3 rings (SSSR count). The van der Waals surface area contributed by atoms with Crippen molar-refractivity contribution in [2.24, 2.45) is 0 Å². The lowest BCUT2D eigenvalue weighted by atomic mass is 10.0. The molecular weight excluding hydrogens is 229 g/mol. The van der Waals surface area contributed by atoms with Crippen molar-refractivity contribution in [2.75, 3.05) is 5.73 Å². The molecule has 1 aromatic carbocycles. The molecular formula is C14H10FN3. The minimum Gasteiger partial charge on any atom is -0.383 e. The Bertz CT molecular complexity index is 711. The second kappa shape index (κ2) is 4.07. The number of benzene rings is 1. The topological polar surface area (TPSA) is 51.8 Å². The van der Waals surface area contributed by atoms with Gasteiger partial charge in [0.1, 0.15) is 11.6 Å². The Labute approximate surface area is 103 Å². The largest absolute Gasteiger partial charge is 0.383 e. The maximum Gasteiger partial charge on any atom is 0.142 e. The number of nitrogens with zero attached hydrogens (tertiary/aromatic N) is 2. The number of fused-ring (bicyclic) bond motifs is 1. The number of nitrogen functional groups attached to an aromatic ring is 1. The molecule has 0 atom stereocenters. The van der Waals surface area contributed by atoms with E-state index in [2.05, 4.69) is 9.97 Å². The van der Waals surface area contributed by atoms with Crippen LogP contribution < -0.4 is 5.73 Å². The number of anilines is 1. The molecule has 2 heterocycles. The highest BCUT2D eigenvalue weighted by Gasteiger charge is 2.11. The third kappa shape index (κ3) is 1.59. The summed E-state index contributed by atoms with van der Waals surface area (Å²) in [4.78, 5) is 7.85. The van der Waals surface area contributed by atoms with Crippen molar-refractivity contribution in [3.05, 3.63) is 54.7 Å². The van der Waals surface area contributed by atoms with E-state index in [-0.39, 0.29) is 11.6 Å². The van der Waals surface area contributed by atoms with Gasteiger partial charge in [0.25, 0.3) is 0 Å². The van der Waals surface area contributed by atoms with Crippen molar-refractivity contribution < 1.29 is 4.39 Å². The molecule has 3 aromatic rings. The summed E-state index contributed by atoms with van der Waals surface area (Å²) in [5, 5.41) is 1.12. The van der Waals surface area contributed by atoms with E-state index in [4.69, 9.17) is 5.73 Å². The van der Waals surface area contributed by atoms with Gasteiger partial charge in [-0.1, -0.05) is 12.1 Å². The van der Waals surface area contributed by atoms with Gasteiger partial charge in [-0.25, -0.2) is 9.37 Å². The number of halogens is 1. The van der Waals surface area contributed by atoms with Gasteiger partial charge in [0.2, 0.25) is 0 Å². The summed E-state index contributed by atoms with van der Waals surface area (Å²) in [5.74, 6) is -0.134. The van der Waals surface area contributed by atoms with Gasteiger partial charge in [0.05, 0.1) is 5.39 Å². The van der Waals surface area contributed by atoms with Crippen LogP contribution in [-0.4, -0.2) is 9.97 Å². The highest BCUT2D eigenvalue weighted by Crippen LogP contribution is 2.30. The SMILES string of the molecule is Nc1nccc2ccc(-c3ccncc3)c(F)c12. The lowest BCUT2D eigenvalue weighted by Crippen LogP contribution is -1.95. The van der Waals surface area contributed by atoms with E-state index >= 15 is 0 Å². The maximum atomic E-state index is 14.5. The zero-order valence-corrected chi connectivity index (χ0v) is 9.47. The van der Waals surface area contributed by atoms with Crippen molar-refractivity contribution in [1.29, 1.82) is 0 Å². The van der Waals surface area contributed by atoms with Crippen LogP contribution in [0.1, 0.15) is 0 Å². The van der Waals surface area contributed by atoms with E-state index in [1.54, 1.807) is 42.9 Å². The van der Waals surface area contributed by atoms with Crippen molar-refractivity contribution >= 4 is 16.6 Å². The molecule has 0 radical (unpaired) electrons. The highest BCUT2D eigenvalue weighted by molar-refractivity contribution is 5.94. The monoisotopic (exact) mass is 239 g/mol. The van der Waals surface area contributed by atoms with Gasteiger partial charge in [-0.05, 0) is 29.1 Å². The fraction of sp³-hybridized carbons (Fsp3) is 0. The number of hydrogen-bond donors (Lipinski definition) is 1. The van der Waals surface area contributed by atoms with E-state index in [0.29, 0.717) is 10.9 Å². The molecule has 2 N–H and O–H groups in total. The van der Waals surface area contributed by atoms with Gasteiger partial charge in [-0.15, -0.1) is 0 Å². The zero-order valence-electron chi connectivity index (χ0n) is 9.47. The van der Waals surface area contributed by atoms with Gasteiger partial charge < -0.3 is 5.73 Å². The van der Waals surface area contributed by atoms with Crippen LogP contribution >= 0.6 is 0 Å². The van der Waals surface area contributed by atoms with Gasteiger partial charge in [0, 0.05) is 24.2 Å². The third-order valence-electron chi connectivity index (χ3n) is 2.89. The fourth-order valence-electron chi connectivity index (χ4n) is 2.01. The van der Waals surface area contributed by atoms with Crippen molar-refractivity contribution in [3.63, 3.8) is 0 Å². The van der Waals surface area contributed by atoms with Crippen molar-refractivity contribution in [3.8, 4) is 11.1 Å². The van der Waals surface area contributed by atoms with Gasteiger partial charge in [0.15, 0.2) is 0 Å². The van der Waals surface area contributed by atoms with Crippen LogP contribution in [0.2, 0.25) is 0 Å². The molecule has 0 amide bonds. The van der Waals surface area contributed by atoms with Crippen molar-refractivity contribution in [2.45, 2.75) is 0 Å². The Morgan fingerprint density at radius 2 is 1.72 bits per heavy atom. The predicted octanol–water partition coefficient (Wildman–Crippen LogP) is 3.02. The van der Waals surface area contributed by atoms with Crippen LogP contribution in [0, 0.1) is 5.82 Å². The molecule has 0 fully saturated rings. The lowest BCUT2D eigenvalue weighted by molar-refractivity contribution is 0.643. The minimum atomic E-state index is -0.343. The van der Waals surface area contributed by atoms with Crippen LogP contribution in [0.15, 0.2) is 48.9 Å². The van der Waals surface area contributed by atoms with E-state index < -0.39 is 0 Å². The van der Waals surface area contributed by atoms with E-state index in [0.717, 1.165) is 10.9 Å². The molecule has 0 saturated carbocycles. The van der Waals surface area contributed by atoms with Crippen LogP contribution in [0.4, 0.5) is 10.2 Å². The summed E-state index contributed by atoms with van der Waals surface area (Å²) in [7, 11) is 0. The predicted molar refractivity (Wildman–Crippen MR) is 69.3 cm³/mol. The average molecular weight is 239 g/mol. The maximum absolute atomic E-state index is 14.5. The van der Waals surface area contributed by atoms with E-state index in [1.807, 2.05) is 6.07 Å². The van der Waals surface area contributed by atoms with Crippen LogP contribution in [0.25, 0.3) is 21.9 Å². The lowest BCUT2D eigenvalue weighted by Gasteiger charge is -2.07. The number of aromatic nitrogens is 2. The number of hydrogen-bond acceptors (Lipinski definition) is 3. The normalized spacial score (nSPS) is 10.7. The van der Waals surface area contributed by atoms with Crippen LogP contribution in [-0.2, 0) is 0 Å². The molecule has 3 nitrogen and oxygen atoms in total. The van der Waals surface area contributed by atoms with Crippen LogP contribution in [0.3, 0.4) is 0 Å². The molecule has 0 aliphatic rings. The number of rotatable bonds is 1. The summed E-state index contributed by atoms with van der Waals surface area (Å²) in [5.41, 5.74) is 7.02. The van der Waals surface area contributed by atoms with E-state index in [1.165, 1.54) is 0 Å². The summed E-state index contributed by atoms with van der Waals surface area (Å²) in [6.45, 7) is 0. The Morgan fingerprint density at radius 3 is 2.50 bits per heavy atom. The molecule has 0 aliphatic carbocycles. The molecule has 0 aliphatic heterocycles. The molecule has 2 aromatic heterocycles. The highest BCUT2D eigenvalue weighted by atomic mass is 19.1. The molecule has 88 valence electrons. The third-order valence-corrected chi connectivity index (χ3v) is 2.89. The summed E-state index contributed by atoms with van der Waals surface area (Å²) >= 11 is 0. The fourth-order valence-corrected chi connectivity index (χ4v) is 2.01. The zero-order chi connectivity index (χ0) is 12.5. The summed E-state index contributed by atoms with van der Waals surface area (Å²) in [6, 6.07) is 8.84. The average Bonchev–Trinajstić information content (AvgIpc) is 2.40. The second-order valence-corrected chi connectivity index (χ2v) is 3.96. The Balaban J connectivity index is 2.33. The van der Waals surface area contributed by atoms with Gasteiger partial charge >= 0.3 is 0 Å². The first kappa shape index (κ1) is 10.7. The van der Waals surface area contributed by atoms with E-state index in [9.17, 15) is 4.39 Å². The standard InChI is InChI=1S/C14H10FN3/c15-13-11(9-3-6-17-7-4-9)2-1-10-5-8-18-14(16)12(10)13/h1-8H,(H2,16,18).